The van der Waals surface area contributed by atoms with E-state index in [-0.39, 0.29) is 12.3 Å². The van der Waals surface area contributed by atoms with Gasteiger partial charge in [0.1, 0.15) is 6.61 Å². The van der Waals surface area contributed by atoms with Crippen LogP contribution in [-0.2, 0) is 6.61 Å². The maximum Gasteiger partial charge on any atom is 0.269 e. The maximum absolute atomic E-state index is 10.8. The number of non-ortho nitro benzene ring substituents is 1. The third-order valence-electron chi connectivity index (χ3n) is 4.57. The molecule has 0 amide bonds. The average molecular weight is 425 g/mol. The van der Waals surface area contributed by atoms with Crippen molar-refractivity contribution in [3.8, 4) is 23.6 Å². The molecule has 3 aromatic rings. The molecule has 0 atom stereocenters. The van der Waals surface area contributed by atoms with E-state index in [1.165, 1.54) is 12.1 Å². The van der Waals surface area contributed by atoms with Crippen molar-refractivity contribution in [2.24, 2.45) is 0 Å². The van der Waals surface area contributed by atoms with Crippen LogP contribution in [0, 0.1) is 32.8 Å². The van der Waals surface area contributed by atoms with Gasteiger partial charge in [0.25, 0.3) is 5.69 Å². The second kappa shape index (κ2) is 10.4. The van der Waals surface area contributed by atoms with E-state index in [1.54, 1.807) is 54.6 Å². The number of allylic oxidation sites excluding steroid dienone is 1. The summed E-state index contributed by atoms with van der Waals surface area (Å²) < 4.78 is 11.6. The van der Waals surface area contributed by atoms with Gasteiger partial charge in [-0.3, -0.25) is 10.1 Å². The Hall–Kier alpha value is -4.62. The van der Waals surface area contributed by atoms with Gasteiger partial charge < -0.3 is 9.47 Å². The van der Waals surface area contributed by atoms with Crippen LogP contribution in [0.1, 0.15) is 29.2 Å². The van der Waals surface area contributed by atoms with E-state index in [0.29, 0.717) is 34.8 Å². The molecule has 0 radical (unpaired) electrons. The number of benzene rings is 3. The van der Waals surface area contributed by atoms with Gasteiger partial charge in [-0.15, -0.1) is 0 Å². The number of ether oxygens (including phenoxy) is 2. The number of hydrogen-bond donors (Lipinski definition) is 0. The second-order valence-corrected chi connectivity index (χ2v) is 6.71. The summed E-state index contributed by atoms with van der Waals surface area (Å²) in [5.74, 6) is 1.06. The van der Waals surface area contributed by atoms with Crippen molar-refractivity contribution in [3.63, 3.8) is 0 Å². The van der Waals surface area contributed by atoms with Crippen LogP contribution in [-0.4, -0.2) is 11.5 Å². The van der Waals surface area contributed by atoms with Gasteiger partial charge >= 0.3 is 0 Å². The Morgan fingerprint density at radius 3 is 2.31 bits per heavy atom. The minimum atomic E-state index is -0.447. The molecule has 3 aromatic carbocycles. The van der Waals surface area contributed by atoms with Crippen LogP contribution in [0.3, 0.4) is 0 Å². The molecule has 32 heavy (non-hydrogen) atoms. The first-order chi connectivity index (χ1) is 15.5. The zero-order chi connectivity index (χ0) is 22.9. The summed E-state index contributed by atoms with van der Waals surface area (Å²) in [7, 11) is 0. The van der Waals surface area contributed by atoms with Crippen LogP contribution in [0.2, 0.25) is 0 Å². The minimum Gasteiger partial charge on any atom is -0.490 e. The van der Waals surface area contributed by atoms with E-state index >= 15 is 0 Å². The lowest BCUT2D eigenvalue weighted by Gasteiger charge is -2.13. The highest BCUT2D eigenvalue weighted by Crippen LogP contribution is 2.31. The molecule has 158 valence electrons. The molecule has 0 saturated heterocycles. The normalized spacial score (nSPS) is 10.7. The molecule has 0 bridgehead atoms. The number of hydrogen-bond acceptors (Lipinski definition) is 6. The van der Waals surface area contributed by atoms with Gasteiger partial charge in [-0.1, -0.05) is 18.2 Å². The fraction of sp³-hybridized carbons (Fsp3) is 0.120. The molecule has 0 aliphatic carbocycles. The lowest BCUT2D eigenvalue weighted by atomic mass is 10.0. The fourth-order valence-corrected chi connectivity index (χ4v) is 2.95. The van der Waals surface area contributed by atoms with Crippen molar-refractivity contribution in [2.45, 2.75) is 13.5 Å². The summed E-state index contributed by atoms with van der Waals surface area (Å²) in [6.07, 6.45) is 1.74. The molecule has 0 N–H and O–H groups in total. The largest absolute Gasteiger partial charge is 0.490 e. The summed E-state index contributed by atoms with van der Waals surface area (Å²) in [6, 6.07) is 22.6. The number of rotatable bonds is 8. The Kier molecular flexibility index (Phi) is 7.19. The van der Waals surface area contributed by atoms with Gasteiger partial charge in [0.2, 0.25) is 0 Å². The lowest BCUT2D eigenvalue weighted by Crippen LogP contribution is -2.00. The van der Waals surface area contributed by atoms with Crippen molar-refractivity contribution >= 4 is 17.3 Å². The minimum absolute atomic E-state index is 0.0236. The lowest BCUT2D eigenvalue weighted by molar-refractivity contribution is -0.384. The van der Waals surface area contributed by atoms with Crippen molar-refractivity contribution in [2.75, 3.05) is 6.61 Å². The van der Waals surface area contributed by atoms with Gasteiger partial charge in [-0.2, -0.15) is 10.5 Å². The molecule has 0 spiro atoms. The topological polar surface area (TPSA) is 109 Å². The van der Waals surface area contributed by atoms with E-state index in [1.807, 2.05) is 13.0 Å². The van der Waals surface area contributed by atoms with E-state index in [9.17, 15) is 15.4 Å². The van der Waals surface area contributed by atoms with E-state index < -0.39 is 4.92 Å². The van der Waals surface area contributed by atoms with Crippen LogP contribution in [0.5, 0.6) is 11.5 Å². The summed E-state index contributed by atoms with van der Waals surface area (Å²) in [6.45, 7) is 2.52. The molecule has 0 unspecified atom stereocenters. The third-order valence-corrected chi connectivity index (χ3v) is 4.57. The number of nitro benzene ring substituents is 1. The van der Waals surface area contributed by atoms with E-state index in [2.05, 4.69) is 12.1 Å². The van der Waals surface area contributed by atoms with Crippen molar-refractivity contribution in [1.82, 2.24) is 0 Å². The van der Waals surface area contributed by atoms with Gasteiger partial charge in [0.15, 0.2) is 11.5 Å². The standard InChI is InChI=1S/C25H19N3O4/c1-2-31-25-14-20(13-22(16-27)21-8-3-18(15-26)4-9-21)7-12-24(25)32-17-19-5-10-23(11-6-19)28(29)30/h3-14H,2,17H2,1H3/b22-13-. The van der Waals surface area contributed by atoms with Crippen LogP contribution in [0.4, 0.5) is 5.69 Å². The zero-order valence-electron chi connectivity index (χ0n) is 17.3. The summed E-state index contributed by atoms with van der Waals surface area (Å²) >= 11 is 0. The predicted molar refractivity (Wildman–Crippen MR) is 120 cm³/mol. The maximum atomic E-state index is 10.8. The highest BCUT2D eigenvalue weighted by molar-refractivity contribution is 5.90. The number of nitriles is 2. The molecule has 7 heteroatoms. The first-order valence-electron chi connectivity index (χ1n) is 9.79. The van der Waals surface area contributed by atoms with Crippen LogP contribution in [0.15, 0.2) is 66.7 Å². The number of nitro groups is 1. The van der Waals surface area contributed by atoms with Crippen molar-refractivity contribution in [1.29, 1.82) is 10.5 Å². The average Bonchev–Trinajstić information content (AvgIpc) is 2.82. The zero-order valence-corrected chi connectivity index (χ0v) is 17.3. The highest BCUT2D eigenvalue weighted by Gasteiger charge is 2.09. The first-order valence-corrected chi connectivity index (χ1v) is 9.79. The van der Waals surface area contributed by atoms with Crippen molar-refractivity contribution < 1.29 is 14.4 Å². The molecule has 0 aromatic heterocycles. The quantitative estimate of drug-likeness (QED) is 0.204. The summed E-state index contributed by atoms with van der Waals surface area (Å²) in [5, 5.41) is 29.3. The highest BCUT2D eigenvalue weighted by atomic mass is 16.6. The molecule has 3 rings (SSSR count). The van der Waals surface area contributed by atoms with Gasteiger partial charge in [0.05, 0.1) is 34.8 Å². The Morgan fingerprint density at radius 2 is 1.72 bits per heavy atom. The van der Waals surface area contributed by atoms with Gasteiger partial charge in [-0.05, 0) is 66.1 Å². The Balaban J connectivity index is 1.81. The summed E-state index contributed by atoms with van der Waals surface area (Å²) in [5.41, 5.74) is 3.26. The molecule has 0 heterocycles. The molecule has 0 saturated carbocycles. The van der Waals surface area contributed by atoms with Crippen molar-refractivity contribution in [3.05, 3.63) is 99.1 Å². The molecule has 0 aliphatic rings. The Bertz CT molecular complexity index is 1220. The molecular formula is C25H19N3O4. The van der Waals surface area contributed by atoms with Crippen LogP contribution < -0.4 is 9.47 Å². The molecule has 0 aliphatic heterocycles. The summed E-state index contributed by atoms with van der Waals surface area (Å²) in [4.78, 5) is 10.3. The Morgan fingerprint density at radius 1 is 1.00 bits per heavy atom. The Labute approximate surface area is 185 Å². The van der Waals surface area contributed by atoms with Gasteiger partial charge in [0, 0.05) is 12.1 Å². The van der Waals surface area contributed by atoms with Crippen LogP contribution >= 0.6 is 0 Å². The van der Waals surface area contributed by atoms with E-state index in [4.69, 9.17) is 14.7 Å². The third kappa shape index (κ3) is 5.50. The molecular weight excluding hydrogens is 406 g/mol. The van der Waals surface area contributed by atoms with Crippen LogP contribution in [0.25, 0.3) is 11.6 Å². The molecule has 0 fully saturated rings. The smallest absolute Gasteiger partial charge is 0.269 e. The van der Waals surface area contributed by atoms with Gasteiger partial charge in [-0.25, -0.2) is 0 Å². The predicted octanol–water partition coefficient (Wildman–Crippen LogP) is 5.51. The SMILES string of the molecule is CCOc1cc(/C=C(/C#N)c2ccc(C#N)cc2)ccc1OCc1ccc([N+](=O)[O-])cc1. The fourth-order valence-electron chi connectivity index (χ4n) is 2.95. The number of nitrogens with zero attached hydrogens (tertiary/aromatic N) is 3. The monoisotopic (exact) mass is 425 g/mol. The second-order valence-electron chi connectivity index (χ2n) is 6.71. The first kappa shape index (κ1) is 22.1. The van der Waals surface area contributed by atoms with E-state index in [0.717, 1.165) is 11.1 Å². The molecule has 7 nitrogen and oxygen atoms in total.